The predicted molar refractivity (Wildman–Crippen MR) is 547 cm³/mol. The number of hydroxylamine groups is 2. The van der Waals surface area contributed by atoms with Gasteiger partial charge in [0.2, 0.25) is 5.91 Å². The van der Waals surface area contributed by atoms with Crippen molar-refractivity contribution in [3.05, 3.63) is 267 Å². The quantitative estimate of drug-likeness (QED) is 0.00651. The molecule has 0 spiro atoms. The standard InChI is InChI=1S/C19H20N2O3.C18H18N2O3.C18H26N2.C14H17NO.C10H10BrN.C9H8BrN.C7H10O4.C6H13NO2.C4H11N.Li.2H2O/c1-5-12-10-15(19(23)24-4)18(22)20-17(12)13-6-7-16-14(9-13)8-11(2)21(16)3;1-4-11-9-14(18(22)23)17(21)19-16(11)12-5-6-15-13(8-12)7-10(2)20(15)3;1-7-8-16(19-18(3,4)5)14-9-10-17-15(12-14)11-13(2)20(17)6;1-4-5-14(16)11-6-7-13-12(9-11)8-10(2)15(13)3;1-7-5-8-6-9(11)3-4-10(8)12(7)2;1-6-4-7-5-8(10)2-3-9(7)11-6;1-4-5(6(8)10-2)7(9)11-3;1-4-5-6(8)7(2)9-3;1-4(2,3)5;;;/h6-10H,5H2,1-4H3,(H,20,22);5-9H,4H2,1-3H3,(H,19,21)(H,22,23);9-12H,7-8H2,1-6H3;6-9H,4-5H2,1-3H3;3-6H,1-2H3;2-5,11H,1H3;4H,1-3H3;4-5H2,1-3H3;5H2,1-3H3;;2*1H2/q;;;;;;;;;+1;;/p-2. The second-order valence-corrected chi connectivity index (χ2v) is 35.9. The summed E-state index contributed by atoms with van der Waals surface area (Å²) in [7, 11) is 17.1. The van der Waals surface area contributed by atoms with Crippen molar-refractivity contribution in [1.29, 1.82) is 0 Å². The molecule has 0 fully saturated rings. The van der Waals surface area contributed by atoms with Crippen LogP contribution in [0.2, 0.25) is 0 Å². The average Bonchev–Trinajstić information content (AvgIpc) is 1.53. The van der Waals surface area contributed by atoms with Crippen LogP contribution < -0.4 is 35.7 Å². The van der Waals surface area contributed by atoms with Gasteiger partial charge in [-0.05, 0) is 289 Å². The predicted octanol–water partition coefficient (Wildman–Crippen LogP) is 19.6. The number of aryl methyl sites for hydroxylation is 13. The molecule has 134 heavy (non-hydrogen) atoms. The number of halogens is 2. The number of fused-ring (bicyclic) bond motifs is 6. The zero-order valence-electron chi connectivity index (χ0n) is 83.4. The summed E-state index contributed by atoms with van der Waals surface area (Å²) in [5, 5.41) is 17.6. The molecule has 0 aliphatic heterocycles. The zero-order valence-corrected chi connectivity index (χ0v) is 86.6. The third kappa shape index (κ3) is 32.3. The van der Waals surface area contributed by atoms with Crippen molar-refractivity contribution < 1.29 is 82.7 Å². The van der Waals surface area contributed by atoms with Crippen LogP contribution in [0.3, 0.4) is 0 Å². The van der Waals surface area contributed by atoms with Crippen LogP contribution in [-0.2, 0) is 81.5 Å². The van der Waals surface area contributed by atoms with Gasteiger partial charge in [-0.3, -0.25) is 29.0 Å². The fourth-order valence-corrected chi connectivity index (χ4v) is 15.0. The van der Waals surface area contributed by atoms with Crippen molar-refractivity contribution in [3.63, 3.8) is 0 Å². The van der Waals surface area contributed by atoms with Crippen molar-refractivity contribution in [3.8, 4) is 22.5 Å². The second kappa shape index (κ2) is 53.4. The number of aliphatic imine (C=N–C) groups is 1. The minimum absolute atomic E-state index is 0. The van der Waals surface area contributed by atoms with E-state index in [0.29, 0.717) is 31.4 Å². The number of methoxy groups -OCH3 is 3. The molecule has 0 aliphatic carbocycles. The third-order valence-electron chi connectivity index (χ3n) is 21.6. The molecule has 0 bridgehead atoms. The first-order chi connectivity index (χ1) is 61.6. The topological polar surface area (TPSA) is 367 Å². The Kier molecular flexibility index (Phi) is 46.4. The van der Waals surface area contributed by atoms with Gasteiger partial charge < -0.3 is 73.8 Å². The van der Waals surface area contributed by atoms with Gasteiger partial charge in [0.1, 0.15) is 16.7 Å². The van der Waals surface area contributed by atoms with E-state index in [2.05, 4.69) is 256 Å². The summed E-state index contributed by atoms with van der Waals surface area (Å²) in [6, 6.07) is 53.3. The molecule has 26 nitrogen and oxygen atoms in total. The van der Waals surface area contributed by atoms with E-state index in [9.17, 15) is 38.4 Å². The summed E-state index contributed by atoms with van der Waals surface area (Å²) in [6.45, 7) is 36.6. The number of nitrogens with one attached hydrogen (secondary N) is 3. The van der Waals surface area contributed by atoms with Crippen molar-refractivity contribution in [1.82, 2.24) is 42.9 Å². The number of allylic oxidation sites excluding steroid dienone is 1. The molecular formula is C105H135Br2LiN11O15-. The third-order valence-corrected chi connectivity index (χ3v) is 22.6. The van der Waals surface area contributed by atoms with E-state index in [0.717, 1.165) is 101 Å². The first-order valence-corrected chi connectivity index (χ1v) is 45.3. The number of ether oxygens (including phenoxy) is 3. The molecule has 8 N–H and O–H groups in total. The van der Waals surface area contributed by atoms with Crippen molar-refractivity contribution in [2.75, 3.05) is 35.5 Å². The van der Waals surface area contributed by atoms with Gasteiger partial charge in [0, 0.05) is 180 Å². The monoisotopic (exact) mass is 1950 g/mol. The number of aromatic carboxylic acids is 1. The number of aromatic nitrogens is 8. The molecule has 0 saturated carbocycles. The molecular weight excluding hydrogens is 1820 g/mol. The summed E-state index contributed by atoms with van der Waals surface area (Å²) in [6.07, 6.45) is 7.81. The fraction of sp³-hybridized carbons (Fsp3) is 0.362. The van der Waals surface area contributed by atoms with Crippen LogP contribution in [0.4, 0.5) is 0 Å². The number of rotatable bonds is 17. The van der Waals surface area contributed by atoms with E-state index in [-0.39, 0.29) is 69.3 Å². The Morgan fingerprint density at radius 3 is 1.20 bits per heavy atom. The molecule has 0 unspecified atom stereocenters. The first-order valence-electron chi connectivity index (χ1n) is 43.8. The van der Waals surface area contributed by atoms with E-state index in [4.69, 9.17) is 15.8 Å². The van der Waals surface area contributed by atoms with Gasteiger partial charge in [0.05, 0.1) is 45.4 Å². The van der Waals surface area contributed by atoms with Crippen LogP contribution >= 0.6 is 31.9 Å². The summed E-state index contributed by atoms with van der Waals surface area (Å²) in [5.41, 5.74) is 26.9. The van der Waals surface area contributed by atoms with E-state index in [1.165, 1.54) is 124 Å². The molecule has 716 valence electrons. The number of carbonyl (C=O) groups excluding carboxylic acids is 5. The number of carboxylic acids is 1. The molecule has 14 aromatic rings. The smallest absolute Gasteiger partial charge is 0.870 e. The van der Waals surface area contributed by atoms with Crippen LogP contribution in [0.5, 0.6) is 0 Å². The molecule has 14 rings (SSSR count). The van der Waals surface area contributed by atoms with E-state index in [1.807, 2.05) is 131 Å². The van der Waals surface area contributed by atoms with Gasteiger partial charge in [-0.2, -0.15) is 0 Å². The van der Waals surface area contributed by atoms with Gasteiger partial charge in [-0.1, -0.05) is 97.2 Å². The number of nitrogens with zero attached hydrogens (tertiary/aromatic N) is 7. The second-order valence-electron chi connectivity index (χ2n) is 34.1. The summed E-state index contributed by atoms with van der Waals surface area (Å²) >= 11 is 6.88. The summed E-state index contributed by atoms with van der Waals surface area (Å²) < 4.78 is 26.4. The number of aromatic amines is 3. The summed E-state index contributed by atoms with van der Waals surface area (Å²) in [5.74, 6) is -2.92. The Morgan fingerprint density at radius 2 is 0.828 bits per heavy atom. The number of Topliss-reactive ketones (excluding diaryl/α,β-unsaturated/α-hetero) is 1. The normalized spacial score (nSPS) is 10.8. The number of ketones is 1. The van der Waals surface area contributed by atoms with Crippen LogP contribution in [0.15, 0.2) is 193 Å². The molecule has 29 heteroatoms. The van der Waals surface area contributed by atoms with E-state index >= 15 is 0 Å². The van der Waals surface area contributed by atoms with Crippen LogP contribution in [0.25, 0.3) is 87.9 Å². The molecule has 8 aromatic heterocycles. The van der Waals surface area contributed by atoms with Crippen LogP contribution in [0, 0.1) is 41.5 Å². The van der Waals surface area contributed by atoms with Crippen molar-refractivity contribution >= 4 is 139 Å². The number of benzene rings is 6. The minimum atomic E-state index is -1.21. The zero-order chi connectivity index (χ0) is 98.0. The van der Waals surface area contributed by atoms with Gasteiger partial charge in [-0.15, -0.1) is 0 Å². The minimum Gasteiger partial charge on any atom is -0.870 e. The molecule has 1 amide bonds. The van der Waals surface area contributed by atoms with E-state index < -0.39 is 35.0 Å². The molecule has 0 saturated heterocycles. The molecule has 0 radical (unpaired) electrons. The number of carboxylic acid groups (broad SMARTS) is 1. The number of H-pyrrole nitrogens is 3. The molecule has 0 aliphatic rings. The molecule has 8 heterocycles. The van der Waals surface area contributed by atoms with E-state index in [1.54, 1.807) is 20.0 Å². The number of nitrogens with two attached hydrogens (primary N) is 1. The number of hydrogen-bond donors (Lipinski definition) is 5. The maximum Gasteiger partial charge on any atom is 1.00 e. The maximum absolute atomic E-state index is 12.2. The number of hydrogen-bond acceptors (Lipinski definition) is 16. The Labute approximate surface area is 816 Å². The Hall–Kier alpha value is -11.7. The largest absolute Gasteiger partial charge is 1.00 e. The Morgan fingerprint density at radius 1 is 0.470 bits per heavy atom. The summed E-state index contributed by atoms with van der Waals surface area (Å²) in [4.78, 5) is 110. The van der Waals surface area contributed by atoms with Crippen LogP contribution in [0.1, 0.15) is 204 Å². The van der Waals surface area contributed by atoms with Gasteiger partial charge in [0.15, 0.2) is 5.78 Å². The number of amides is 1. The molecule has 6 aromatic carbocycles. The van der Waals surface area contributed by atoms with Gasteiger partial charge >= 0.3 is 42.7 Å². The van der Waals surface area contributed by atoms with Crippen molar-refractivity contribution in [2.24, 2.45) is 46.0 Å². The SMILES string of the molecule is CC(C)(C)N.CC=C(C(=O)OC)C(=O)OC.CCCC(=NC(C)(C)C)c1ccc2c(c1)cc(C)n2C.CCCC(=O)N(C)OC.CCCC(=O)c1ccc2c(c1)cc(C)n2C.CCc1cc(C(=O)O)c(=O)[nH]c1-c1ccc2c(c1)cc(C)n2C.CCc1cc(C(=O)OC)c(=O)[nH]c1-c1ccc2c(c1)cc(C)n2C.Cc1cc2cc(Br)ccc2[nH]1.Cc1cc2cc(Br)ccc2n1C.[Li+].[OH-].[OH-]. The number of esters is 3. The fourth-order valence-electron chi connectivity index (χ4n) is 14.3. The number of carbonyl (C=O) groups is 6. The van der Waals surface area contributed by atoms with Crippen LogP contribution in [-0.4, -0.2) is 147 Å². The average molecular weight is 1960 g/mol. The number of pyridine rings is 2. The first kappa shape index (κ1) is 116. The maximum atomic E-state index is 12.2. The van der Waals surface area contributed by atoms with Crippen molar-refractivity contribution in [2.45, 2.75) is 187 Å². The molecule has 0 atom stereocenters. The Bertz CT molecular complexity index is 6550. The van der Waals surface area contributed by atoms with Gasteiger partial charge in [0.25, 0.3) is 11.1 Å². The van der Waals surface area contributed by atoms with Gasteiger partial charge in [-0.25, -0.2) is 24.2 Å². The Balaban J connectivity index is 0.000000398.